The largest absolute Gasteiger partial charge is 0.479 e. The van der Waals surface area contributed by atoms with Crippen molar-refractivity contribution in [2.24, 2.45) is 5.16 Å². The molecule has 0 amide bonds. The molecule has 0 spiro atoms. The predicted octanol–water partition coefficient (Wildman–Crippen LogP) is 4.80. The number of oxime groups is 1. The van der Waals surface area contributed by atoms with Crippen molar-refractivity contribution in [1.82, 2.24) is 9.97 Å². The molecule has 31 heavy (non-hydrogen) atoms. The van der Waals surface area contributed by atoms with E-state index in [0.717, 1.165) is 11.2 Å². The van der Waals surface area contributed by atoms with Gasteiger partial charge in [-0.25, -0.2) is 14.8 Å². The maximum atomic E-state index is 12.0. The summed E-state index contributed by atoms with van der Waals surface area (Å²) in [5, 5.41) is 4.33. The molecule has 0 radical (unpaired) electrons. The van der Waals surface area contributed by atoms with Crippen molar-refractivity contribution in [2.75, 3.05) is 13.2 Å². The van der Waals surface area contributed by atoms with Crippen molar-refractivity contribution in [3.63, 3.8) is 0 Å². The van der Waals surface area contributed by atoms with E-state index in [2.05, 4.69) is 15.1 Å². The Bertz CT molecular complexity index is 1070. The topological polar surface area (TPSA) is 92.1 Å². The molecule has 0 saturated carbocycles. The molecule has 3 rings (SSSR count). The number of aromatic nitrogens is 2. The number of fused-ring (bicyclic) bond motifs is 1. The van der Waals surface area contributed by atoms with E-state index in [4.69, 9.17) is 30.6 Å². The molecule has 0 aliphatic heterocycles. The first-order valence-corrected chi connectivity index (χ1v) is 9.95. The van der Waals surface area contributed by atoms with Gasteiger partial charge in [0, 0.05) is 5.02 Å². The number of rotatable bonds is 9. The third-order valence-corrected chi connectivity index (χ3v) is 4.07. The lowest BCUT2D eigenvalue weighted by Gasteiger charge is -2.14. The Hall–Kier alpha value is -3.39. The third-order valence-electron chi connectivity index (χ3n) is 3.84. The first-order valence-electron chi connectivity index (χ1n) is 9.57. The summed E-state index contributed by atoms with van der Waals surface area (Å²) < 4.78 is 16.4. The smallest absolute Gasteiger partial charge is 0.347 e. The van der Waals surface area contributed by atoms with E-state index < -0.39 is 12.1 Å². The SMILES string of the molecule is CC(C)=NOCCOC(=O)[C@@H](C)Oc1ccc(Oc2cnc3ccc(Cl)cc3n2)cc1. The van der Waals surface area contributed by atoms with Crippen LogP contribution in [-0.4, -0.2) is 41.0 Å². The van der Waals surface area contributed by atoms with Gasteiger partial charge >= 0.3 is 5.97 Å². The molecule has 1 atom stereocenters. The maximum Gasteiger partial charge on any atom is 0.347 e. The zero-order chi connectivity index (χ0) is 22.2. The Morgan fingerprint density at radius 2 is 1.81 bits per heavy atom. The van der Waals surface area contributed by atoms with E-state index in [1.165, 1.54) is 6.20 Å². The van der Waals surface area contributed by atoms with Gasteiger partial charge in [-0.2, -0.15) is 0 Å². The molecule has 0 bridgehead atoms. The fourth-order valence-corrected chi connectivity index (χ4v) is 2.61. The summed E-state index contributed by atoms with van der Waals surface area (Å²) in [5.74, 6) is 0.884. The molecule has 162 valence electrons. The van der Waals surface area contributed by atoms with Crippen LogP contribution < -0.4 is 9.47 Å². The lowest BCUT2D eigenvalue weighted by Crippen LogP contribution is -2.27. The molecule has 0 unspecified atom stereocenters. The highest BCUT2D eigenvalue weighted by atomic mass is 35.5. The normalized spacial score (nSPS) is 11.5. The molecule has 0 N–H and O–H groups in total. The summed E-state index contributed by atoms with van der Waals surface area (Å²) in [6, 6.07) is 12.0. The van der Waals surface area contributed by atoms with E-state index in [-0.39, 0.29) is 13.2 Å². The maximum absolute atomic E-state index is 12.0. The zero-order valence-electron chi connectivity index (χ0n) is 17.4. The van der Waals surface area contributed by atoms with Crippen molar-refractivity contribution in [2.45, 2.75) is 26.9 Å². The van der Waals surface area contributed by atoms with Crippen LogP contribution in [0, 0.1) is 0 Å². The fraction of sp³-hybridized carbons (Fsp3) is 0.273. The van der Waals surface area contributed by atoms with Gasteiger partial charge < -0.3 is 19.0 Å². The Balaban J connectivity index is 1.51. The second kappa shape index (κ2) is 10.6. The van der Waals surface area contributed by atoms with Crippen LogP contribution in [0.1, 0.15) is 20.8 Å². The van der Waals surface area contributed by atoms with E-state index in [9.17, 15) is 4.79 Å². The standard InChI is InChI=1S/C22H22ClN3O5/c1-14(2)26-29-11-10-28-22(27)15(3)30-17-5-7-18(8-6-17)31-21-13-24-19-9-4-16(23)12-20(19)25-21/h4-9,12-13,15H,10-11H2,1-3H3/t15-/m1/s1. The molecular formula is C22H22ClN3O5. The molecule has 8 nitrogen and oxygen atoms in total. The second-order valence-electron chi connectivity index (χ2n) is 6.71. The van der Waals surface area contributed by atoms with Crippen molar-refractivity contribution in [3.05, 3.63) is 53.7 Å². The average molecular weight is 444 g/mol. The molecule has 2 aromatic carbocycles. The minimum atomic E-state index is -0.778. The van der Waals surface area contributed by atoms with Crippen molar-refractivity contribution < 1.29 is 23.8 Å². The van der Waals surface area contributed by atoms with Crippen molar-refractivity contribution in [1.29, 1.82) is 0 Å². The fourth-order valence-electron chi connectivity index (χ4n) is 2.45. The summed E-state index contributed by atoms with van der Waals surface area (Å²) in [6.45, 7) is 5.50. The van der Waals surface area contributed by atoms with Gasteiger partial charge in [0.05, 0.1) is 22.9 Å². The lowest BCUT2D eigenvalue weighted by molar-refractivity contribution is -0.152. The Kier molecular flexibility index (Phi) is 7.61. The highest BCUT2D eigenvalue weighted by molar-refractivity contribution is 6.31. The summed E-state index contributed by atoms with van der Waals surface area (Å²) in [6.07, 6.45) is 0.759. The van der Waals surface area contributed by atoms with E-state index in [0.29, 0.717) is 27.9 Å². The molecule has 9 heteroatoms. The van der Waals surface area contributed by atoms with Crippen molar-refractivity contribution in [3.8, 4) is 17.4 Å². The summed E-state index contributed by atoms with van der Waals surface area (Å²) in [4.78, 5) is 25.7. The van der Waals surface area contributed by atoms with Gasteiger partial charge in [0.2, 0.25) is 5.88 Å². The van der Waals surface area contributed by atoms with Crippen LogP contribution in [0.25, 0.3) is 11.0 Å². The van der Waals surface area contributed by atoms with Gasteiger partial charge in [0.15, 0.2) is 12.7 Å². The first-order chi connectivity index (χ1) is 14.9. The molecule has 0 saturated heterocycles. The predicted molar refractivity (Wildman–Crippen MR) is 117 cm³/mol. The highest BCUT2D eigenvalue weighted by Crippen LogP contribution is 2.25. The Labute approximate surface area is 184 Å². The average Bonchev–Trinajstić information content (AvgIpc) is 2.74. The molecule has 0 fully saturated rings. The second-order valence-corrected chi connectivity index (χ2v) is 7.15. The number of nitrogens with zero attached hydrogens (tertiary/aromatic N) is 3. The number of benzene rings is 2. The van der Waals surface area contributed by atoms with Gasteiger partial charge in [0.1, 0.15) is 18.1 Å². The zero-order valence-corrected chi connectivity index (χ0v) is 18.1. The van der Waals surface area contributed by atoms with Crippen LogP contribution in [0.2, 0.25) is 5.02 Å². The number of hydrogen-bond acceptors (Lipinski definition) is 8. The number of carbonyl (C=O) groups excluding carboxylic acids is 1. The number of hydrogen-bond donors (Lipinski definition) is 0. The minimum Gasteiger partial charge on any atom is -0.479 e. The third kappa shape index (κ3) is 6.82. The van der Waals surface area contributed by atoms with Crippen molar-refractivity contribution >= 4 is 34.3 Å². The lowest BCUT2D eigenvalue weighted by atomic mass is 10.3. The number of esters is 1. The molecular weight excluding hydrogens is 422 g/mol. The van der Waals surface area contributed by atoms with Gasteiger partial charge in [-0.1, -0.05) is 16.8 Å². The quantitative estimate of drug-likeness (QED) is 0.203. The molecule has 1 heterocycles. The summed E-state index contributed by atoms with van der Waals surface area (Å²) >= 11 is 6.00. The minimum absolute atomic E-state index is 0.0914. The molecule has 0 aliphatic rings. The van der Waals surface area contributed by atoms with Gasteiger partial charge in [-0.05, 0) is 63.2 Å². The van der Waals surface area contributed by atoms with Gasteiger partial charge in [-0.3, -0.25) is 0 Å². The summed E-state index contributed by atoms with van der Waals surface area (Å²) in [7, 11) is 0. The van der Waals surface area contributed by atoms with Crippen LogP contribution in [-0.2, 0) is 14.4 Å². The van der Waals surface area contributed by atoms with Crippen LogP contribution in [0.3, 0.4) is 0 Å². The molecule has 0 aliphatic carbocycles. The van der Waals surface area contributed by atoms with E-state index in [1.54, 1.807) is 49.4 Å². The van der Waals surface area contributed by atoms with Crippen LogP contribution in [0.5, 0.6) is 17.4 Å². The Morgan fingerprint density at radius 1 is 1.06 bits per heavy atom. The van der Waals surface area contributed by atoms with Crippen LogP contribution in [0.4, 0.5) is 0 Å². The molecule has 3 aromatic rings. The Morgan fingerprint density at radius 3 is 2.55 bits per heavy atom. The van der Waals surface area contributed by atoms with E-state index >= 15 is 0 Å². The molecule has 1 aromatic heterocycles. The van der Waals surface area contributed by atoms with Gasteiger partial charge in [0.25, 0.3) is 0 Å². The first kappa shape index (κ1) is 22.3. The van der Waals surface area contributed by atoms with Crippen LogP contribution in [0.15, 0.2) is 53.8 Å². The number of carbonyl (C=O) groups is 1. The number of ether oxygens (including phenoxy) is 3. The summed E-state index contributed by atoms with van der Waals surface area (Å²) in [5.41, 5.74) is 2.15. The van der Waals surface area contributed by atoms with Gasteiger partial charge in [-0.15, -0.1) is 0 Å². The highest BCUT2D eigenvalue weighted by Gasteiger charge is 2.16. The number of halogens is 1. The van der Waals surface area contributed by atoms with E-state index in [1.807, 2.05) is 13.8 Å². The van der Waals surface area contributed by atoms with Crippen LogP contribution >= 0.6 is 11.6 Å². The monoisotopic (exact) mass is 443 g/mol.